The summed E-state index contributed by atoms with van der Waals surface area (Å²) in [5.41, 5.74) is 0.470. The summed E-state index contributed by atoms with van der Waals surface area (Å²) in [7, 11) is 0. The lowest BCUT2D eigenvalue weighted by atomic mass is 9.86. The van der Waals surface area contributed by atoms with E-state index >= 15 is 0 Å². The molecule has 2 heteroatoms. The molecular formula is C13H28N2. The molecule has 0 aromatic rings. The monoisotopic (exact) mass is 212 g/mol. The van der Waals surface area contributed by atoms with Crippen molar-refractivity contribution in [2.45, 2.75) is 58.9 Å². The van der Waals surface area contributed by atoms with Crippen LogP contribution in [-0.4, -0.2) is 25.7 Å². The average Bonchev–Trinajstić information content (AvgIpc) is 2.68. The second-order valence-corrected chi connectivity index (χ2v) is 5.69. The molecule has 1 saturated heterocycles. The van der Waals surface area contributed by atoms with Gasteiger partial charge < -0.3 is 10.6 Å². The maximum Gasteiger partial charge on any atom is 0.0204 e. The highest BCUT2D eigenvalue weighted by molar-refractivity contribution is 4.80. The highest BCUT2D eigenvalue weighted by Crippen LogP contribution is 2.23. The molecule has 15 heavy (non-hydrogen) atoms. The van der Waals surface area contributed by atoms with Crippen molar-refractivity contribution in [1.29, 1.82) is 0 Å². The van der Waals surface area contributed by atoms with Crippen LogP contribution in [0.15, 0.2) is 0 Å². The van der Waals surface area contributed by atoms with Crippen molar-refractivity contribution >= 4 is 0 Å². The van der Waals surface area contributed by atoms with Crippen molar-refractivity contribution in [2.75, 3.05) is 19.6 Å². The molecule has 2 N–H and O–H groups in total. The Balaban J connectivity index is 2.10. The molecule has 1 fully saturated rings. The molecule has 1 rings (SSSR count). The molecule has 0 saturated carbocycles. The Labute approximate surface area is 95.2 Å². The van der Waals surface area contributed by atoms with Crippen LogP contribution in [0.2, 0.25) is 0 Å². The smallest absolute Gasteiger partial charge is 0.0204 e. The molecule has 1 unspecified atom stereocenters. The van der Waals surface area contributed by atoms with Gasteiger partial charge in [-0.25, -0.2) is 0 Å². The molecule has 1 aliphatic rings. The van der Waals surface area contributed by atoms with Crippen LogP contribution in [0.5, 0.6) is 0 Å². The van der Waals surface area contributed by atoms with Crippen LogP contribution in [0, 0.1) is 5.41 Å². The molecule has 2 nitrogen and oxygen atoms in total. The summed E-state index contributed by atoms with van der Waals surface area (Å²) in [5.74, 6) is 0. The Morgan fingerprint density at radius 1 is 1.33 bits per heavy atom. The van der Waals surface area contributed by atoms with Crippen LogP contribution < -0.4 is 10.6 Å². The predicted molar refractivity (Wildman–Crippen MR) is 67.2 cm³/mol. The maximum absolute atomic E-state index is 3.69. The van der Waals surface area contributed by atoms with Gasteiger partial charge in [-0.15, -0.1) is 0 Å². The van der Waals surface area contributed by atoms with Crippen LogP contribution >= 0.6 is 0 Å². The fourth-order valence-electron chi connectivity index (χ4n) is 2.19. The Morgan fingerprint density at radius 3 is 2.73 bits per heavy atom. The highest BCUT2D eigenvalue weighted by atomic mass is 15.0. The normalized spacial score (nSPS) is 22.2. The SMILES string of the molecule is CCCCCC(C)(C)CNC1CCNC1. The van der Waals surface area contributed by atoms with Crippen molar-refractivity contribution in [1.82, 2.24) is 10.6 Å². The van der Waals surface area contributed by atoms with Gasteiger partial charge in [-0.3, -0.25) is 0 Å². The molecule has 0 radical (unpaired) electrons. The third kappa shape index (κ3) is 5.53. The van der Waals surface area contributed by atoms with Crippen molar-refractivity contribution in [3.05, 3.63) is 0 Å². The van der Waals surface area contributed by atoms with E-state index in [-0.39, 0.29) is 0 Å². The summed E-state index contributed by atoms with van der Waals surface area (Å²) in [4.78, 5) is 0. The Morgan fingerprint density at radius 2 is 2.13 bits per heavy atom. The quantitative estimate of drug-likeness (QED) is 0.634. The zero-order chi connectivity index (χ0) is 11.1. The predicted octanol–water partition coefficient (Wildman–Crippen LogP) is 2.54. The zero-order valence-corrected chi connectivity index (χ0v) is 10.7. The molecule has 1 aliphatic heterocycles. The lowest BCUT2D eigenvalue weighted by Crippen LogP contribution is -2.38. The molecule has 1 atom stereocenters. The van der Waals surface area contributed by atoms with Gasteiger partial charge in [-0.1, -0.05) is 40.0 Å². The highest BCUT2D eigenvalue weighted by Gasteiger charge is 2.20. The standard InChI is InChI=1S/C13H28N2/c1-4-5-6-8-13(2,3)11-15-12-7-9-14-10-12/h12,14-15H,4-11H2,1-3H3. The minimum Gasteiger partial charge on any atom is -0.315 e. The number of hydrogen-bond donors (Lipinski definition) is 2. The van der Waals surface area contributed by atoms with Gasteiger partial charge in [0.15, 0.2) is 0 Å². The van der Waals surface area contributed by atoms with Gasteiger partial charge in [0.05, 0.1) is 0 Å². The first kappa shape index (κ1) is 13.0. The Kier molecular flexibility index (Phi) is 5.62. The molecule has 0 spiro atoms. The fraction of sp³-hybridized carbons (Fsp3) is 1.00. The summed E-state index contributed by atoms with van der Waals surface area (Å²) >= 11 is 0. The molecule has 1 heterocycles. The summed E-state index contributed by atoms with van der Waals surface area (Å²) in [6.07, 6.45) is 6.75. The lowest BCUT2D eigenvalue weighted by molar-refractivity contribution is 0.289. The number of hydrogen-bond acceptors (Lipinski definition) is 2. The van der Waals surface area contributed by atoms with E-state index in [1.807, 2.05) is 0 Å². The second kappa shape index (κ2) is 6.49. The Bertz CT molecular complexity index is 160. The summed E-state index contributed by atoms with van der Waals surface area (Å²) in [5, 5.41) is 7.08. The van der Waals surface area contributed by atoms with E-state index in [0.29, 0.717) is 5.41 Å². The molecule has 0 aromatic heterocycles. The van der Waals surface area contributed by atoms with E-state index in [9.17, 15) is 0 Å². The average molecular weight is 212 g/mol. The number of nitrogens with one attached hydrogen (secondary N) is 2. The van der Waals surface area contributed by atoms with Gasteiger partial charge in [0, 0.05) is 19.1 Å². The van der Waals surface area contributed by atoms with E-state index in [0.717, 1.165) is 12.6 Å². The molecule has 0 aliphatic carbocycles. The van der Waals surface area contributed by atoms with Crippen LogP contribution in [-0.2, 0) is 0 Å². The number of rotatable bonds is 7. The van der Waals surface area contributed by atoms with Crippen molar-refractivity contribution in [3.63, 3.8) is 0 Å². The van der Waals surface area contributed by atoms with E-state index in [1.165, 1.54) is 45.2 Å². The summed E-state index contributed by atoms with van der Waals surface area (Å²) in [6, 6.07) is 0.718. The minimum atomic E-state index is 0.470. The van der Waals surface area contributed by atoms with Crippen molar-refractivity contribution in [2.24, 2.45) is 5.41 Å². The summed E-state index contributed by atoms with van der Waals surface area (Å²) in [6.45, 7) is 10.6. The minimum absolute atomic E-state index is 0.470. The molecule has 0 amide bonds. The first-order chi connectivity index (χ1) is 7.14. The van der Waals surface area contributed by atoms with Gasteiger partial charge >= 0.3 is 0 Å². The largest absolute Gasteiger partial charge is 0.315 e. The van der Waals surface area contributed by atoms with Gasteiger partial charge in [0.1, 0.15) is 0 Å². The zero-order valence-electron chi connectivity index (χ0n) is 10.7. The molecule has 0 bridgehead atoms. The van der Waals surface area contributed by atoms with Gasteiger partial charge in [-0.05, 0) is 24.8 Å². The van der Waals surface area contributed by atoms with Gasteiger partial charge in [0.25, 0.3) is 0 Å². The molecule has 90 valence electrons. The van der Waals surface area contributed by atoms with E-state index in [4.69, 9.17) is 0 Å². The van der Waals surface area contributed by atoms with E-state index in [1.54, 1.807) is 0 Å². The Hall–Kier alpha value is -0.0800. The van der Waals surface area contributed by atoms with Crippen molar-refractivity contribution < 1.29 is 0 Å². The molecular weight excluding hydrogens is 184 g/mol. The molecule has 0 aromatic carbocycles. The van der Waals surface area contributed by atoms with Gasteiger partial charge in [-0.2, -0.15) is 0 Å². The number of unbranched alkanes of at least 4 members (excludes halogenated alkanes) is 2. The summed E-state index contributed by atoms with van der Waals surface area (Å²) < 4.78 is 0. The topological polar surface area (TPSA) is 24.1 Å². The fourth-order valence-corrected chi connectivity index (χ4v) is 2.19. The first-order valence-electron chi connectivity index (χ1n) is 6.58. The third-order valence-corrected chi connectivity index (χ3v) is 3.39. The first-order valence-corrected chi connectivity index (χ1v) is 6.58. The van der Waals surface area contributed by atoms with Crippen LogP contribution in [0.3, 0.4) is 0 Å². The van der Waals surface area contributed by atoms with E-state index < -0.39 is 0 Å². The third-order valence-electron chi connectivity index (χ3n) is 3.39. The van der Waals surface area contributed by atoms with Crippen molar-refractivity contribution in [3.8, 4) is 0 Å². The van der Waals surface area contributed by atoms with Crippen LogP contribution in [0.4, 0.5) is 0 Å². The van der Waals surface area contributed by atoms with Crippen LogP contribution in [0.1, 0.15) is 52.9 Å². The second-order valence-electron chi connectivity index (χ2n) is 5.69. The van der Waals surface area contributed by atoms with Gasteiger partial charge in [0.2, 0.25) is 0 Å². The van der Waals surface area contributed by atoms with E-state index in [2.05, 4.69) is 31.4 Å². The maximum atomic E-state index is 3.69. The lowest BCUT2D eigenvalue weighted by Gasteiger charge is -2.27. The van der Waals surface area contributed by atoms with Crippen LogP contribution in [0.25, 0.3) is 0 Å².